The summed E-state index contributed by atoms with van der Waals surface area (Å²) in [6, 6.07) is 5.02. The molecule has 1 unspecified atom stereocenters. The number of nitrogens with one attached hydrogen (secondary N) is 1. The van der Waals surface area contributed by atoms with Gasteiger partial charge in [0.25, 0.3) is 0 Å². The largest absolute Gasteiger partial charge is 0.486 e. The fourth-order valence-corrected chi connectivity index (χ4v) is 1.45. The number of nitrogens with two attached hydrogens (primary N) is 1. The quantitative estimate of drug-likeness (QED) is 0.791. The number of benzene rings is 1. The van der Waals surface area contributed by atoms with Gasteiger partial charge in [0.2, 0.25) is 5.91 Å². The number of primary amides is 1. The van der Waals surface area contributed by atoms with Crippen LogP contribution in [0.3, 0.4) is 0 Å². The Hall–Kier alpha value is -1.91. The monoisotopic (exact) mass is 222 g/mol. The van der Waals surface area contributed by atoms with Crippen LogP contribution in [0.1, 0.15) is 6.92 Å². The first-order valence-corrected chi connectivity index (χ1v) is 5.12. The highest BCUT2D eigenvalue weighted by Gasteiger charge is 2.13. The molecule has 0 radical (unpaired) electrons. The minimum absolute atomic E-state index is 0.394. The molecule has 1 aromatic carbocycles. The highest BCUT2D eigenvalue weighted by Crippen LogP contribution is 2.32. The summed E-state index contributed by atoms with van der Waals surface area (Å²) in [6.07, 6.45) is 0. The van der Waals surface area contributed by atoms with Gasteiger partial charge in [0.05, 0.1) is 0 Å². The van der Waals surface area contributed by atoms with Crippen LogP contribution in [0.15, 0.2) is 18.2 Å². The van der Waals surface area contributed by atoms with E-state index in [4.69, 9.17) is 15.2 Å². The molecule has 1 aromatic rings. The predicted octanol–water partition coefficient (Wildman–Crippen LogP) is 0.743. The van der Waals surface area contributed by atoms with Crippen molar-refractivity contribution in [3.8, 4) is 11.5 Å². The summed E-state index contributed by atoms with van der Waals surface area (Å²) in [5, 5.41) is 2.98. The predicted molar refractivity (Wildman–Crippen MR) is 59.7 cm³/mol. The zero-order valence-electron chi connectivity index (χ0n) is 9.03. The summed E-state index contributed by atoms with van der Waals surface area (Å²) in [5.74, 6) is 1.02. The van der Waals surface area contributed by atoms with E-state index in [1.54, 1.807) is 13.0 Å². The van der Waals surface area contributed by atoms with Gasteiger partial charge in [-0.2, -0.15) is 0 Å². The standard InChI is InChI=1S/C11H14N2O3/c1-7(11(12)14)13-8-2-3-9-10(6-8)16-5-4-15-9/h2-3,6-7,13H,4-5H2,1H3,(H2,12,14). The number of fused-ring (bicyclic) bond motifs is 1. The number of carbonyl (C=O) groups excluding carboxylic acids is 1. The molecule has 0 saturated carbocycles. The second-order valence-corrected chi connectivity index (χ2v) is 3.63. The SMILES string of the molecule is CC(Nc1ccc2c(c1)OCCO2)C(N)=O. The molecule has 1 aliphatic rings. The molecule has 1 atom stereocenters. The molecule has 0 aliphatic carbocycles. The van der Waals surface area contributed by atoms with Crippen LogP contribution >= 0.6 is 0 Å². The molecule has 0 bridgehead atoms. The van der Waals surface area contributed by atoms with Gasteiger partial charge in [-0.05, 0) is 19.1 Å². The summed E-state index contributed by atoms with van der Waals surface area (Å²) >= 11 is 0. The highest BCUT2D eigenvalue weighted by molar-refractivity contribution is 5.82. The van der Waals surface area contributed by atoms with Crippen molar-refractivity contribution in [2.75, 3.05) is 18.5 Å². The average molecular weight is 222 g/mol. The lowest BCUT2D eigenvalue weighted by atomic mass is 10.2. The maximum Gasteiger partial charge on any atom is 0.239 e. The van der Waals surface area contributed by atoms with Gasteiger partial charge in [-0.25, -0.2) is 0 Å². The van der Waals surface area contributed by atoms with E-state index < -0.39 is 11.9 Å². The minimum Gasteiger partial charge on any atom is -0.486 e. The third kappa shape index (κ3) is 2.18. The molecule has 0 saturated heterocycles. The van der Waals surface area contributed by atoms with Gasteiger partial charge in [-0.1, -0.05) is 0 Å². The Balaban J connectivity index is 2.14. The fraction of sp³-hybridized carbons (Fsp3) is 0.364. The summed E-state index contributed by atoms with van der Waals surface area (Å²) in [7, 11) is 0. The summed E-state index contributed by atoms with van der Waals surface area (Å²) in [6.45, 7) is 2.82. The van der Waals surface area contributed by atoms with Crippen LogP contribution in [0.25, 0.3) is 0 Å². The number of anilines is 1. The number of amides is 1. The fourth-order valence-electron chi connectivity index (χ4n) is 1.45. The Morgan fingerprint density at radius 2 is 2.06 bits per heavy atom. The van der Waals surface area contributed by atoms with Crippen molar-refractivity contribution < 1.29 is 14.3 Å². The normalized spacial score (nSPS) is 15.3. The Labute approximate surface area is 93.5 Å². The lowest BCUT2D eigenvalue weighted by Crippen LogP contribution is -2.32. The Bertz CT molecular complexity index is 406. The second kappa shape index (κ2) is 4.30. The van der Waals surface area contributed by atoms with Gasteiger partial charge >= 0.3 is 0 Å². The van der Waals surface area contributed by atoms with E-state index in [1.807, 2.05) is 12.1 Å². The van der Waals surface area contributed by atoms with E-state index in [2.05, 4.69) is 5.32 Å². The van der Waals surface area contributed by atoms with Gasteiger partial charge in [-0.15, -0.1) is 0 Å². The molecule has 16 heavy (non-hydrogen) atoms. The van der Waals surface area contributed by atoms with Gasteiger partial charge in [0, 0.05) is 11.8 Å². The molecule has 3 N–H and O–H groups in total. The molecule has 5 heteroatoms. The first kappa shape index (κ1) is 10.6. The third-order valence-corrected chi connectivity index (χ3v) is 2.35. The molecule has 1 heterocycles. The van der Waals surface area contributed by atoms with Crippen LogP contribution in [-0.4, -0.2) is 25.2 Å². The first-order valence-electron chi connectivity index (χ1n) is 5.12. The molecule has 0 fully saturated rings. The Kier molecular flexibility index (Phi) is 2.85. The van der Waals surface area contributed by atoms with Crippen molar-refractivity contribution >= 4 is 11.6 Å². The van der Waals surface area contributed by atoms with Crippen LogP contribution in [-0.2, 0) is 4.79 Å². The van der Waals surface area contributed by atoms with Gasteiger partial charge < -0.3 is 20.5 Å². The van der Waals surface area contributed by atoms with Crippen LogP contribution in [0, 0.1) is 0 Å². The van der Waals surface area contributed by atoms with E-state index in [-0.39, 0.29) is 0 Å². The van der Waals surface area contributed by atoms with Crippen molar-refractivity contribution in [2.45, 2.75) is 13.0 Å². The van der Waals surface area contributed by atoms with Gasteiger partial charge in [-0.3, -0.25) is 4.79 Å². The van der Waals surface area contributed by atoms with Gasteiger partial charge in [0.1, 0.15) is 19.3 Å². The molecule has 1 amide bonds. The van der Waals surface area contributed by atoms with E-state index in [0.717, 1.165) is 11.4 Å². The summed E-state index contributed by atoms with van der Waals surface area (Å²) in [5.41, 5.74) is 5.95. The molecular weight excluding hydrogens is 208 g/mol. The minimum atomic E-state index is -0.414. The van der Waals surface area contributed by atoms with Gasteiger partial charge in [0.15, 0.2) is 11.5 Å². The molecular formula is C11H14N2O3. The zero-order chi connectivity index (χ0) is 11.5. The number of carbonyl (C=O) groups is 1. The second-order valence-electron chi connectivity index (χ2n) is 3.63. The van der Waals surface area contributed by atoms with Crippen LogP contribution in [0.5, 0.6) is 11.5 Å². The van der Waals surface area contributed by atoms with Crippen molar-refractivity contribution in [2.24, 2.45) is 5.73 Å². The lowest BCUT2D eigenvalue weighted by Gasteiger charge is -2.20. The number of hydrogen-bond acceptors (Lipinski definition) is 4. The molecule has 2 rings (SSSR count). The Morgan fingerprint density at radius 1 is 1.38 bits per heavy atom. The van der Waals surface area contributed by atoms with E-state index in [0.29, 0.717) is 19.0 Å². The van der Waals surface area contributed by atoms with E-state index in [1.165, 1.54) is 0 Å². The number of hydrogen-bond donors (Lipinski definition) is 2. The van der Waals surface area contributed by atoms with Crippen molar-refractivity contribution in [3.05, 3.63) is 18.2 Å². The highest BCUT2D eigenvalue weighted by atomic mass is 16.6. The first-order chi connectivity index (χ1) is 7.66. The smallest absolute Gasteiger partial charge is 0.239 e. The van der Waals surface area contributed by atoms with Crippen molar-refractivity contribution in [1.29, 1.82) is 0 Å². The molecule has 5 nitrogen and oxygen atoms in total. The zero-order valence-corrected chi connectivity index (χ0v) is 9.03. The van der Waals surface area contributed by atoms with E-state index in [9.17, 15) is 4.79 Å². The topological polar surface area (TPSA) is 73.6 Å². The molecule has 0 aromatic heterocycles. The molecule has 86 valence electrons. The summed E-state index contributed by atoms with van der Waals surface area (Å²) < 4.78 is 10.8. The number of ether oxygens (including phenoxy) is 2. The maximum absolute atomic E-state index is 10.9. The van der Waals surface area contributed by atoms with Crippen LogP contribution < -0.4 is 20.5 Å². The van der Waals surface area contributed by atoms with Crippen molar-refractivity contribution in [3.63, 3.8) is 0 Å². The number of rotatable bonds is 3. The molecule has 0 spiro atoms. The maximum atomic E-state index is 10.9. The van der Waals surface area contributed by atoms with E-state index >= 15 is 0 Å². The Morgan fingerprint density at radius 3 is 2.75 bits per heavy atom. The third-order valence-electron chi connectivity index (χ3n) is 2.35. The molecule has 1 aliphatic heterocycles. The van der Waals surface area contributed by atoms with Crippen LogP contribution in [0.2, 0.25) is 0 Å². The lowest BCUT2D eigenvalue weighted by molar-refractivity contribution is -0.118. The summed E-state index contributed by atoms with van der Waals surface area (Å²) in [4.78, 5) is 10.9. The van der Waals surface area contributed by atoms with Crippen LogP contribution in [0.4, 0.5) is 5.69 Å². The average Bonchev–Trinajstić information content (AvgIpc) is 2.28. The van der Waals surface area contributed by atoms with Crippen molar-refractivity contribution in [1.82, 2.24) is 0 Å².